The summed E-state index contributed by atoms with van der Waals surface area (Å²) < 4.78 is 1.64. The molecule has 0 fully saturated rings. The third kappa shape index (κ3) is 2.94. The maximum atomic E-state index is 7.23. The minimum atomic E-state index is -0.713. The van der Waals surface area contributed by atoms with Crippen LogP contribution in [0.4, 0.5) is 17.5 Å². The molecule has 0 aliphatic heterocycles. The zero-order chi connectivity index (χ0) is 15.6. The second-order valence-electron chi connectivity index (χ2n) is 5.28. The number of aryl methyl sites for hydroxylation is 2. The zero-order valence-electron chi connectivity index (χ0n) is 12.9. The van der Waals surface area contributed by atoms with Gasteiger partial charge in [0.1, 0.15) is 5.82 Å². The first-order valence-electron chi connectivity index (χ1n) is 6.61. The number of hydrogen-bond acceptors (Lipinski definition) is 5. The molecule has 7 nitrogen and oxygen atoms in total. The highest BCUT2D eigenvalue weighted by molar-refractivity contribution is 5.57. The lowest BCUT2D eigenvalue weighted by atomic mass is 10.3. The van der Waals surface area contributed by atoms with E-state index in [2.05, 4.69) is 30.5 Å². The van der Waals surface area contributed by atoms with E-state index in [1.807, 2.05) is 34.7 Å². The monoisotopic (exact) mass is 285 g/mol. The van der Waals surface area contributed by atoms with Crippen molar-refractivity contribution in [2.75, 3.05) is 17.7 Å². The van der Waals surface area contributed by atoms with Crippen molar-refractivity contribution in [3.8, 4) is 0 Å². The van der Waals surface area contributed by atoms with Crippen molar-refractivity contribution < 1.29 is 0 Å². The summed E-state index contributed by atoms with van der Waals surface area (Å²) in [7, 11) is 1.82. The molecule has 0 atom stereocenters. The molecule has 0 aliphatic rings. The molecule has 0 spiro atoms. The van der Waals surface area contributed by atoms with Crippen LogP contribution in [-0.2, 0) is 5.66 Å². The molecular weight excluding hydrogens is 266 g/mol. The molecule has 0 saturated heterocycles. The number of anilines is 3. The lowest BCUT2D eigenvalue weighted by molar-refractivity contribution is 0.400. The first kappa shape index (κ1) is 14.8. The third-order valence-electron chi connectivity index (χ3n) is 3.19. The fourth-order valence-electron chi connectivity index (χ4n) is 1.79. The van der Waals surface area contributed by atoms with Crippen molar-refractivity contribution in [1.29, 1.82) is 0 Å². The average molecular weight is 285 g/mol. The Morgan fingerprint density at radius 2 is 2.05 bits per heavy atom. The Morgan fingerprint density at radius 1 is 1.33 bits per heavy atom. The minimum Gasteiger partial charge on any atom is -0.373 e. The topological polar surface area (TPSA) is 72.0 Å². The predicted octanol–water partition coefficient (Wildman–Crippen LogP) is 2.69. The first-order valence-corrected chi connectivity index (χ1v) is 6.61. The van der Waals surface area contributed by atoms with Crippen LogP contribution in [0.25, 0.3) is 4.85 Å². The molecule has 0 saturated carbocycles. The lowest BCUT2D eigenvalue weighted by Crippen LogP contribution is -2.22. The average Bonchev–Trinajstić information content (AvgIpc) is 2.83. The van der Waals surface area contributed by atoms with Crippen molar-refractivity contribution in [3.63, 3.8) is 0 Å². The molecular formula is C14H19N7. The summed E-state index contributed by atoms with van der Waals surface area (Å²) in [6.07, 6.45) is 3.56. The summed E-state index contributed by atoms with van der Waals surface area (Å²) in [6.45, 7) is 14.7. The van der Waals surface area contributed by atoms with Crippen molar-refractivity contribution in [2.24, 2.45) is 0 Å². The summed E-state index contributed by atoms with van der Waals surface area (Å²) in [5, 5.41) is 10.5. The van der Waals surface area contributed by atoms with E-state index in [1.54, 1.807) is 17.1 Å². The molecule has 2 rings (SSSR count). The second kappa shape index (κ2) is 5.40. The van der Waals surface area contributed by atoms with Gasteiger partial charge in [-0.2, -0.15) is 14.8 Å². The summed E-state index contributed by atoms with van der Waals surface area (Å²) >= 11 is 0. The van der Waals surface area contributed by atoms with E-state index in [0.29, 0.717) is 5.95 Å². The fraction of sp³-hybridized carbons (Fsp3) is 0.429. The van der Waals surface area contributed by atoms with Gasteiger partial charge in [-0.05, 0) is 13.8 Å². The maximum Gasteiger partial charge on any atom is 0.319 e. The highest BCUT2D eigenvalue weighted by Gasteiger charge is 2.27. The van der Waals surface area contributed by atoms with Gasteiger partial charge < -0.3 is 10.6 Å². The van der Waals surface area contributed by atoms with Crippen LogP contribution in [0.2, 0.25) is 0 Å². The Hall–Kier alpha value is -2.62. The summed E-state index contributed by atoms with van der Waals surface area (Å²) in [5.74, 6) is 1.27. The predicted molar refractivity (Wildman–Crippen MR) is 82.5 cm³/mol. The van der Waals surface area contributed by atoms with Crippen molar-refractivity contribution in [3.05, 3.63) is 35.1 Å². The standard InChI is InChI=1S/C14H19N7/c1-9-7-17-13(19-12(9)15-5)18-11-8-21(20-10(11)2)14(3,4)16-6/h7-8H,1-5H3,(H2,15,17,18,19). The van der Waals surface area contributed by atoms with Crippen molar-refractivity contribution >= 4 is 17.5 Å². The van der Waals surface area contributed by atoms with Crippen LogP contribution < -0.4 is 10.6 Å². The minimum absolute atomic E-state index is 0.494. The first-order chi connectivity index (χ1) is 9.87. The molecule has 21 heavy (non-hydrogen) atoms. The lowest BCUT2D eigenvalue weighted by Gasteiger charge is -2.10. The number of aromatic nitrogens is 4. The highest BCUT2D eigenvalue weighted by Crippen LogP contribution is 2.23. The maximum absolute atomic E-state index is 7.23. The van der Waals surface area contributed by atoms with Gasteiger partial charge in [-0.1, -0.05) is 0 Å². The van der Waals surface area contributed by atoms with E-state index in [9.17, 15) is 0 Å². The Labute approximate surface area is 124 Å². The van der Waals surface area contributed by atoms with E-state index in [4.69, 9.17) is 6.57 Å². The summed E-state index contributed by atoms with van der Waals surface area (Å²) in [5.41, 5.74) is 1.85. The van der Waals surface area contributed by atoms with Crippen LogP contribution in [0.5, 0.6) is 0 Å². The Bertz CT molecular complexity index is 694. The van der Waals surface area contributed by atoms with Crippen molar-refractivity contribution in [1.82, 2.24) is 19.7 Å². The molecule has 0 amide bonds. The Kier molecular flexibility index (Phi) is 3.80. The van der Waals surface area contributed by atoms with Gasteiger partial charge in [-0.3, -0.25) is 4.85 Å². The smallest absolute Gasteiger partial charge is 0.319 e. The van der Waals surface area contributed by atoms with Crippen LogP contribution in [0.1, 0.15) is 25.1 Å². The fourth-order valence-corrected chi connectivity index (χ4v) is 1.79. The number of hydrogen-bond donors (Lipinski definition) is 2. The van der Waals surface area contributed by atoms with Gasteiger partial charge in [0.25, 0.3) is 0 Å². The van der Waals surface area contributed by atoms with E-state index in [-0.39, 0.29) is 0 Å². The number of nitrogens with zero attached hydrogens (tertiary/aromatic N) is 5. The van der Waals surface area contributed by atoms with Gasteiger partial charge in [-0.25, -0.2) is 11.6 Å². The normalized spacial score (nSPS) is 11.0. The molecule has 7 heteroatoms. The Balaban J connectivity index is 2.31. The number of rotatable bonds is 4. The number of nitrogens with one attached hydrogen (secondary N) is 2. The van der Waals surface area contributed by atoms with Crippen LogP contribution in [0, 0.1) is 20.4 Å². The third-order valence-corrected chi connectivity index (χ3v) is 3.19. The van der Waals surface area contributed by atoms with Gasteiger partial charge >= 0.3 is 5.66 Å². The second-order valence-corrected chi connectivity index (χ2v) is 5.28. The molecule has 2 aromatic rings. The van der Waals surface area contributed by atoms with Gasteiger partial charge in [-0.15, -0.1) is 0 Å². The van der Waals surface area contributed by atoms with Crippen LogP contribution >= 0.6 is 0 Å². The van der Waals surface area contributed by atoms with E-state index < -0.39 is 5.66 Å². The molecule has 0 aliphatic carbocycles. The quantitative estimate of drug-likeness (QED) is 0.845. The molecule has 2 aromatic heterocycles. The van der Waals surface area contributed by atoms with Gasteiger partial charge in [0.15, 0.2) is 0 Å². The molecule has 0 unspecified atom stereocenters. The molecule has 0 bridgehead atoms. The van der Waals surface area contributed by atoms with E-state index >= 15 is 0 Å². The Morgan fingerprint density at radius 3 is 2.67 bits per heavy atom. The van der Waals surface area contributed by atoms with Crippen LogP contribution in [0.3, 0.4) is 0 Å². The highest BCUT2D eigenvalue weighted by atomic mass is 15.4. The summed E-state index contributed by atoms with van der Waals surface area (Å²) in [4.78, 5) is 12.2. The zero-order valence-corrected chi connectivity index (χ0v) is 12.9. The largest absolute Gasteiger partial charge is 0.373 e. The summed E-state index contributed by atoms with van der Waals surface area (Å²) in [6, 6.07) is 0. The van der Waals surface area contributed by atoms with E-state index in [0.717, 1.165) is 22.8 Å². The molecule has 2 N–H and O–H groups in total. The molecule has 2 heterocycles. The van der Waals surface area contributed by atoms with Gasteiger partial charge in [0.05, 0.1) is 17.6 Å². The van der Waals surface area contributed by atoms with E-state index in [1.165, 1.54) is 0 Å². The molecule has 0 radical (unpaired) electrons. The molecule has 110 valence electrons. The van der Waals surface area contributed by atoms with Gasteiger partial charge in [0.2, 0.25) is 5.95 Å². The van der Waals surface area contributed by atoms with Crippen LogP contribution in [-0.4, -0.2) is 26.8 Å². The SMILES string of the molecule is [C-]#[N+]C(C)(C)n1cc(Nc2ncc(C)c(NC)n2)c(C)n1. The van der Waals surface area contributed by atoms with Crippen LogP contribution in [0.15, 0.2) is 12.4 Å². The van der Waals surface area contributed by atoms with Gasteiger partial charge in [0, 0.05) is 32.7 Å². The molecule has 0 aromatic carbocycles. The van der Waals surface area contributed by atoms with Crippen molar-refractivity contribution in [2.45, 2.75) is 33.4 Å².